The molecule has 100 valence electrons. The van der Waals surface area contributed by atoms with Crippen molar-refractivity contribution >= 4 is 21.8 Å². The van der Waals surface area contributed by atoms with Crippen LogP contribution in [0.4, 0.5) is 0 Å². The van der Waals surface area contributed by atoms with E-state index >= 15 is 0 Å². The van der Waals surface area contributed by atoms with Gasteiger partial charge in [-0.2, -0.15) is 0 Å². The predicted molar refractivity (Wildman–Crippen MR) is 77.1 cm³/mol. The molecule has 0 bridgehead atoms. The summed E-state index contributed by atoms with van der Waals surface area (Å²) in [6.45, 7) is 6.20. The van der Waals surface area contributed by atoms with Crippen LogP contribution in [0.25, 0.3) is 0 Å². The molecule has 1 rings (SSSR count). The van der Waals surface area contributed by atoms with Gasteiger partial charge in [-0.25, -0.2) is 0 Å². The fourth-order valence-electron chi connectivity index (χ4n) is 1.57. The quantitative estimate of drug-likeness (QED) is 0.898. The van der Waals surface area contributed by atoms with Crippen LogP contribution in [0.3, 0.4) is 0 Å². The van der Waals surface area contributed by atoms with E-state index in [-0.39, 0.29) is 11.4 Å². The largest absolute Gasteiger partial charge is 0.497 e. The second-order valence-electron chi connectivity index (χ2n) is 4.57. The second kappa shape index (κ2) is 6.23. The summed E-state index contributed by atoms with van der Waals surface area (Å²) in [6.07, 6.45) is 1.80. The van der Waals surface area contributed by atoms with E-state index in [1.807, 2.05) is 12.1 Å². The molecule has 3 nitrogen and oxygen atoms in total. The van der Waals surface area contributed by atoms with E-state index in [1.165, 1.54) is 0 Å². The lowest BCUT2D eigenvalue weighted by molar-refractivity contribution is 0.0900. The predicted octanol–water partition coefficient (Wildman–Crippen LogP) is 3.77. The minimum atomic E-state index is -0.167. The normalized spacial score (nSPS) is 11.2. The van der Waals surface area contributed by atoms with Crippen LogP contribution < -0.4 is 10.1 Å². The maximum atomic E-state index is 12.3. The minimum absolute atomic E-state index is 0.0769. The monoisotopic (exact) mass is 313 g/mol. The number of methoxy groups -OCH3 is 1. The topological polar surface area (TPSA) is 38.3 Å². The van der Waals surface area contributed by atoms with E-state index in [1.54, 1.807) is 13.2 Å². The van der Waals surface area contributed by atoms with Crippen molar-refractivity contribution in [2.75, 3.05) is 7.11 Å². The van der Waals surface area contributed by atoms with Gasteiger partial charge in [0.1, 0.15) is 5.75 Å². The lowest BCUT2D eigenvalue weighted by Crippen LogP contribution is -2.45. The molecule has 0 saturated carbocycles. The smallest absolute Gasteiger partial charge is 0.252 e. The van der Waals surface area contributed by atoms with Gasteiger partial charge in [-0.15, -0.1) is 0 Å². The number of carbonyl (C=O) groups is 1. The molecule has 0 spiro atoms. The van der Waals surface area contributed by atoms with Crippen molar-refractivity contribution in [3.63, 3.8) is 0 Å². The van der Waals surface area contributed by atoms with Gasteiger partial charge in [-0.1, -0.05) is 13.8 Å². The molecule has 0 aliphatic rings. The Morgan fingerprint density at radius 1 is 1.39 bits per heavy atom. The van der Waals surface area contributed by atoms with Crippen molar-refractivity contribution in [2.24, 2.45) is 0 Å². The van der Waals surface area contributed by atoms with E-state index in [2.05, 4.69) is 42.0 Å². The molecule has 0 atom stereocenters. The number of benzene rings is 1. The molecule has 18 heavy (non-hydrogen) atoms. The van der Waals surface area contributed by atoms with Crippen molar-refractivity contribution in [1.29, 1.82) is 0 Å². The molecule has 1 aromatic rings. The molecular weight excluding hydrogens is 294 g/mol. The number of carbonyl (C=O) groups excluding carboxylic acids is 1. The zero-order chi connectivity index (χ0) is 13.8. The number of hydrogen-bond acceptors (Lipinski definition) is 2. The molecule has 0 aliphatic carbocycles. The highest BCUT2D eigenvalue weighted by Crippen LogP contribution is 2.24. The van der Waals surface area contributed by atoms with Crippen molar-refractivity contribution in [3.05, 3.63) is 28.2 Å². The van der Waals surface area contributed by atoms with Gasteiger partial charge in [0.15, 0.2) is 0 Å². The Hall–Kier alpha value is -1.03. The molecular formula is C14H20BrNO2. The van der Waals surface area contributed by atoms with E-state index < -0.39 is 0 Å². The Kier molecular flexibility index (Phi) is 5.20. The highest BCUT2D eigenvalue weighted by molar-refractivity contribution is 9.10. The Bertz CT molecular complexity index is 428. The molecule has 1 amide bonds. The van der Waals surface area contributed by atoms with Crippen LogP contribution in [0.2, 0.25) is 0 Å². The van der Waals surface area contributed by atoms with Gasteiger partial charge in [-0.05, 0) is 53.9 Å². The first-order valence-corrected chi connectivity index (χ1v) is 6.91. The van der Waals surface area contributed by atoms with E-state index in [0.29, 0.717) is 11.3 Å². The summed E-state index contributed by atoms with van der Waals surface area (Å²) in [5, 5.41) is 3.08. The van der Waals surface area contributed by atoms with Crippen molar-refractivity contribution in [3.8, 4) is 5.75 Å². The fourth-order valence-corrected chi connectivity index (χ4v) is 2.00. The van der Waals surface area contributed by atoms with E-state index in [4.69, 9.17) is 4.74 Å². The molecule has 1 aromatic carbocycles. The Labute approximate surface area is 117 Å². The lowest BCUT2D eigenvalue weighted by Gasteiger charge is -2.28. The molecule has 0 unspecified atom stereocenters. The van der Waals surface area contributed by atoms with E-state index in [9.17, 15) is 4.79 Å². The van der Waals surface area contributed by atoms with Crippen LogP contribution in [0.15, 0.2) is 22.7 Å². The van der Waals surface area contributed by atoms with Crippen LogP contribution in [0.5, 0.6) is 5.75 Å². The van der Waals surface area contributed by atoms with Gasteiger partial charge in [0, 0.05) is 10.0 Å². The first-order chi connectivity index (χ1) is 8.45. The summed E-state index contributed by atoms with van der Waals surface area (Å²) in [5.41, 5.74) is 0.432. The molecule has 4 heteroatoms. The molecule has 0 heterocycles. The number of hydrogen-bond donors (Lipinski definition) is 1. The van der Waals surface area contributed by atoms with E-state index in [0.717, 1.165) is 17.3 Å². The maximum absolute atomic E-state index is 12.3. The van der Waals surface area contributed by atoms with Gasteiger partial charge in [0.2, 0.25) is 0 Å². The van der Waals surface area contributed by atoms with Crippen molar-refractivity contribution < 1.29 is 9.53 Å². The summed E-state index contributed by atoms with van der Waals surface area (Å²) in [6, 6.07) is 5.38. The third-order valence-corrected chi connectivity index (χ3v) is 4.09. The molecule has 1 N–H and O–H groups in total. The van der Waals surface area contributed by atoms with Gasteiger partial charge in [0.05, 0.1) is 12.7 Å². The van der Waals surface area contributed by atoms with Crippen LogP contribution in [0.1, 0.15) is 44.0 Å². The number of amides is 1. The Balaban J connectivity index is 2.97. The average Bonchev–Trinajstić information content (AvgIpc) is 2.39. The Morgan fingerprint density at radius 2 is 2.00 bits per heavy atom. The first-order valence-electron chi connectivity index (χ1n) is 6.11. The van der Waals surface area contributed by atoms with Crippen molar-refractivity contribution in [1.82, 2.24) is 5.32 Å². The average molecular weight is 314 g/mol. The van der Waals surface area contributed by atoms with Crippen LogP contribution >= 0.6 is 15.9 Å². The zero-order valence-electron chi connectivity index (χ0n) is 11.3. The third kappa shape index (κ3) is 3.48. The summed E-state index contributed by atoms with van der Waals surface area (Å²) in [4.78, 5) is 12.3. The Morgan fingerprint density at radius 3 is 2.50 bits per heavy atom. The van der Waals surface area contributed by atoms with Gasteiger partial charge >= 0.3 is 0 Å². The molecule has 0 saturated heterocycles. The van der Waals surface area contributed by atoms with Gasteiger partial charge in [0.25, 0.3) is 5.91 Å². The van der Waals surface area contributed by atoms with Gasteiger partial charge < -0.3 is 10.1 Å². The SMILES string of the molecule is CCC(C)(CC)NC(=O)c1cc(OC)ccc1Br. The minimum Gasteiger partial charge on any atom is -0.497 e. The molecule has 0 fully saturated rings. The number of rotatable bonds is 5. The highest BCUT2D eigenvalue weighted by Gasteiger charge is 2.23. The summed E-state index contributed by atoms with van der Waals surface area (Å²) < 4.78 is 5.92. The standard InChI is InChI=1S/C14H20BrNO2/c1-5-14(3,6-2)16-13(17)11-9-10(18-4)7-8-12(11)15/h7-9H,5-6H2,1-4H3,(H,16,17). The summed E-state index contributed by atoms with van der Waals surface area (Å²) in [5.74, 6) is 0.602. The number of ether oxygens (including phenoxy) is 1. The number of halogens is 1. The molecule has 0 aromatic heterocycles. The highest BCUT2D eigenvalue weighted by atomic mass is 79.9. The maximum Gasteiger partial charge on any atom is 0.252 e. The van der Waals surface area contributed by atoms with Crippen LogP contribution in [-0.2, 0) is 0 Å². The van der Waals surface area contributed by atoms with Crippen molar-refractivity contribution in [2.45, 2.75) is 39.2 Å². The third-order valence-electron chi connectivity index (χ3n) is 3.39. The van der Waals surface area contributed by atoms with Crippen LogP contribution in [-0.4, -0.2) is 18.6 Å². The molecule has 0 radical (unpaired) electrons. The number of nitrogens with one attached hydrogen (secondary N) is 1. The molecule has 0 aliphatic heterocycles. The van der Waals surface area contributed by atoms with Crippen LogP contribution in [0, 0.1) is 0 Å². The lowest BCUT2D eigenvalue weighted by atomic mass is 9.95. The van der Waals surface area contributed by atoms with Gasteiger partial charge in [-0.3, -0.25) is 4.79 Å². The fraction of sp³-hybridized carbons (Fsp3) is 0.500. The summed E-state index contributed by atoms with van der Waals surface area (Å²) in [7, 11) is 1.59. The first kappa shape index (κ1) is 15.0. The second-order valence-corrected chi connectivity index (χ2v) is 5.42. The summed E-state index contributed by atoms with van der Waals surface area (Å²) >= 11 is 3.40. The zero-order valence-corrected chi connectivity index (χ0v) is 12.9.